The number of carbonyl (C=O) groups excluding carboxylic acids is 1. The normalized spacial score (nSPS) is 9.44. The highest BCUT2D eigenvalue weighted by Crippen LogP contribution is 1.88. The zero-order valence-electron chi connectivity index (χ0n) is 5.37. The molecule has 0 N–H and O–H groups in total. The number of ketones is 1. The van der Waals surface area contributed by atoms with Crippen molar-refractivity contribution in [2.24, 2.45) is 0 Å². The van der Waals surface area contributed by atoms with Gasteiger partial charge in [-0.25, -0.2) is 0 Å². The van der Waals surface area contributed by atoms with E-state index < -0.39 is 0 Å². The Morgan fingerprint density at radius 3 is 2.44 bits per heavy atom. The summed E-state index contributed by atoms with van der Waals surface area (Å²) in [5.74, 6) is 0.186. The van der Waals surface area contributed by atoms with Crippen molar-refractivity contribution in [1.29, 1.82) is 0 Å². The van der Waals surface area contributed by atoms with Crippen LogP contribution in [0.15, 0.2) is 24.5 Å². The summed E-state index contributed by atoms with van der Waals surface area (Å²) in [5.41, 5.74) is 0. The molecule has 0 bridgehead atoms. The molecule has 0 aliphatic heterocycles. The van der Waals surface area contributed by atoms with Crippen molar-refractivity contribution in [2.75, 3.05) is 0 Å². The molecule has 0 saturated carbocycles. The van der Waals surface area contributed by atoms with Crippen LogP contribution in [0.1, 0.15) is 6.92 Å². The Kier molecular flexibility index (Phi) is 1.68. The van der Waals surface area contributed by atoms with Crippen molar-refractivity contribution in [3.63, 3.8) is 0 Å². The molecule has 1 heterocycles. The van der Waals surface area contributed by atoms with E-state index in [1.807, 2.05) is 29.1 Å². The van der Waals surface area contributed by atoms with E-state index in [1.165, 1.54) is 0 Å². The van der Waals surface area contributed by atoms with Gasteiger partial charge in [0.25, 0.3) is 0 Å². The number of nitrogens with zero attached hydrogens (tertiary/aromatic N) is 1. The largest absolute Gasteiger partial charge is 0.347 e. The van der Waals surface area contributed by atoms with Gasteiger partial charge in [-0.3, -0.25) is 4.79 Å². The van der Waals surface area contributed by atoms with E-state index in [0.717, 1.165) is 0 Å². The first-order valence-electron chi connectivity index (χ1n) is 2.89. The van der Waals surface area contributed by atoms with Gasteiger partial charge < -0.3 is 4.57 Å². The van der Waals surface area contributed by atoms with E-state index in [0.29, 0.717) is 6.54 Å². The van der Waals surface area contributed by atoms with Crippen LogP contribution in [-0.4, -0.2) is 10.4 Å². The van der Waals surface area contributed by atoms with E-state index in [1.54, 1.807) is 6.92 Å². The third-order valence-electron chi connectivity index (χ3n) is 1.07. The van der Waals surface area contributed by atoms with Gasteiger partial charge in [0, 0.05) is 12.4 Å². The van der Waals surface area contributed by atoms with E-state index >= 15 is 0 Å². The Balaban J connectivity index is 2.58. The Hall–Kier alpha value is -1.05. The standard InChI is InChI=1S/C7H9NO/c1-7(9)6-8-4-2-3-5-8/h2-5H,6H2,1H3. The summed E-state index contributed by atoms with van der Waals surface area (Å²) >= 11 is 0. The summed E-state index contributed by atoms with van der Waals surface area (Å²) in [6.45, 7) is 2.08. The van der Waals surface area contributed by atoms with Crippen LogP contribution in [0.5, 0.6) is 0 Å². The molecular weight excluding hydrogens is 114 g/mol. The zero-order valence-corrected chi connectivity index (χ0v) is 5.37. The summed E-state index contributed by atoms with van der Waals surface area (Å²) in [5, 5.41) is 0. The van der Waals surface area contributed by atoms with Crippen molar-refractivity contribution in [2.45, 2.75) is 13.5 Å². The first kappa shape index (κ1) is 6.08. The van der Waals surface area contributed by atoms with E-state index in [4.69, 9.17) is 0 Å². The highest BCUT2D eigenvalue weighted by atomic mass is 16.1. The van der Waals surface area contributed by atoms with Crippen LogP contribution in [0.3, 0.4) is 0 Å². The minimum absolute atomic E-state index is 0.186. The van der Waals surface area contributed by atoms with Crippen LogP contribution in [0.25, 0.3) is 0 Å². The van der Waals surface area contributed by atoms with E-state index in [9.17, 15) is 4.79 Å². The molecule has 9 heavy (non-hydrogen) atoms. The second kappa shape index (κ2) is 2.49. The lowest BCUT2D eigenvalue weighted by atomic mass is 10.4. The van der Waals surface area contributed by atoms with Gasteiger partial charge in [0.2, 0.25) is 0 Å². The number of rotatable bonds is 2. The first-order valence-corrected chi connectivity index (χ1v) is 2.89. The van der Waals surface area contributed by atoms with Crippen molar-refractivity contribution < 1.29 is 4.79 Å². The van der Waals surface area contributed by atoms with Crippen LogP contribution < -0.4 is 0 Å². The zero-order chi connectivity index (χ0) is 6.69. The third-order valence-corrected chi connectivity index (χ3v) is 1.07. The predicted molar refractivity (Wildman–Crippen MR) is 35.1 cm³/mol. The second-order valence-electron chi connectivity index (χ2n) is 2.06. The minimum Gasteiger partial charge on any atom is -0.347 e. The molecule has 0 aliphatic rings. The molecular formula is C7H9NO. The van der Waals surface area contributed by atoms with Crippen LogP contribution in [-0.2, 0) is 11.3 Å². The molecule has 0 atom stereocenters. The molecule has 0 fully saturated rings. The molecule has 2 heteroatoms. The minimum atomic E-state index is 0.186. The number of hydrogen-bond acceptors (Lipinski definition) is 1. The summed E-state index contributed by atoms with van der Waals surface area (Å²) in [6.07, 6.45) is 3.75. The molecule has 48 valence electrons. The molecule has 0 aromatic carbocycles. The fourth-order valence-electron chi connectivity index (χ4n) is 0.733. The van der Waals surface area contributed by atoms with Gasteiger partial charge in [-0.1, -0.05) is 0 Å². The molecule has 1 aromatic rings. The first-order chi connectivity index (χ1) is 4.29. The maximum absolute atomic E-state index is 10.5. The average molecular weight is 123 g/mol. The Labute approximate surface area is 54.1 Å². The third kappa shape index (κ3) is 1.72. The van der Waals surface area contributed by atoms with Crippen molar-refractivity contribution in [3.8, 4) is 0 Å². The van der Waals surface area contributed by atoms with Gasteiger partial charge in [0.05, 0.1) is 6.54 Å². The Morgan fingerprint density at radius 2 is 2.00 bits per heavy atom. The lowest BCUT2D eigenvalue weighted by molar-refractivity contribution is -0.117. The van der Waals surface area contributed by atoms with Gasteiger partial charge in [0.1, 0.15) is 5.78 Å². The topological polar surface area (TPSA) is 22.0 Å². The van der Waals surface area contributed by atoms with Crippen molar-refractivity contribution >= 4 is 5.78 Å². The highest BCUT2D eigenvalue weighted by molar-refractivity contribution is 5.75. The number of carbonyl (C=O) groups is 1. The maximum Gasteiger partial charge on any atom is 0.149 e. The number of hydrogen-bond donors (Lipinski definition) is 0. The summed E-state index contributed by atoms with van der Waals surface area (Å²) in [7, 11) is 0. The van der Waals surface area contributed by atoms with Crippen LogP contribution in [0.2, 0.25) is 0 Å². The highest BCUT2D eigenvalue weighted by Gasteiger charge is 1.90. The molecule has 0 radical (unpaired) electrons. The molecule has 0 amide bonds. The number of Topliss-reactive ketones (excluding diaryl/α,β-unsaturated/α-hetero) is 1. The average Bonchev–Trinajstić information content (AvgIpc) is 2.15. The van der Waals surface area contributed by atoms with Crippen LogP contribution >= 0.6 is 0 Å². The second-order valence-corrected chi connectivity index (χ2v) is 2.06. The summed E-state index contributed by atoms with van der Waals surface area (Å²) in [4.78, 5) is 10.5. The Morgan fingerprint density at radius 1 is 1.44 bits per heavy atom. The lowest BCUT2D eigenvalue weighted by Gasteiger charge is -1.94. The summed E-state index contributed by atoms with van der Waals surface area (Å²) < 4.78 is 1.85. The fraction of sp³-hybridized carbons (Fsp3) is 0.286. The quantitative estimate of drug-likeness (QED) is 0.576. The van der Waals surface area contributed by atoms with Gasteiger partial charge in [-0.05, 0) is 19.1 Å². The summed E-state index contributed by atoms with van der Waals surface area (Å²) in [6, 6.07) is 3.81. The molecule has 0 unspecified atom stereocenters. The van der Waals surface area contributed by atoms with Gasteiger partial charge >= 0.3 is 0 Å². The molecule has 1 rings (SSSR count). The van der Waals surface area contributed by atoms with Crippen molar-refractivity contribution in [1.82, 2.24) is 4.57 Å². The van der Waals surface area contributed by atoms with E-state index in [-0.39, 0.29) is 5.78 Å². The molecule has 2 nitrogen and oxygen atoms in total. The maximum atomic E-state index is 10.5. The lowest BCUT2D eigenvalue weighted by Crippen LogP contribution is -2.02. The van der Waals surface area contributed by atoms with E-state index in [2.05, 4.69) is 0 Å². The monoisotopic (exact) mass is 123 g/mol. The van der Waals surface area contributed by atoms with Gasteiger partial charge in [-0.2, -0.15) is 0 Å². The SMILES string of the molecule is CC(=O)Cn1cccc1. The molecule has 0 aliphatic carbocycles. The van der Waals surface area contributed by atoms with Crippen LogP contribution in [0.4, 0.5) is 0 Å². The van der Waals surface area contributed by atoms with Gasteiger partial charge in [0.15, 0.2) is 0 Å². The predicted octanol–water partition coefficient (Wildman–Crippen LogP) is 1.08. The van der Waals surface area contributed by atoms with Crippen molar-refractivity contribution in [3.05, 3.63) is 24.5 Å². The Bertz CT molecular complexity index is 189. The van der Waals surface area contributed by atoms with Gasteiger partial charge in [-0.15, -0.1) is 0 Å². The van der Waals surface area contributed by atoms with Crippen LogP contribution in [0, 0.1) is 0 Å². The molecule has 1 aromatic heterocycles. The smallest absolute Gasteiger partial charge is 0.149 e. The fourth-order valence-corrected chi connectivity index (χ4v) is 0.733. The molecule has 0 saturated heterocycles. The molecule has 0 spiro atoms. The number of aromatic nitrogens is 1.